The van der Waals surface area contributed by atoms with Crippen molar-refractivity contribution in [1.29, 1.82) is 0 Å². The van der Waals surface area contributed by atoms with Gasteiger partial charge in [0.1, 0.15) is 35.6 Å². The molecule has 0 radical (unpaired) electrons. The molecule has 5 rings (SSSR count). The second-order valence-corrected chi connectivity index (χ2v) is 17.5. The number of nitrogens with zero attached hydrogens (tertiary/aromatic N) is 3. The number of carbonyl (C=O) groups excluding carboxylic acids is 4. The number of ketones is 2. The van der Waals surface area contributed by atoms with Crippen molar-refractivity contribution in [1.82, 2.24) is 25.7 Å². The van der Waals surface area contributed by atoms with Crippen LogP contribution in [0.5, 0.6) is 0 Å². The Bertz CT molecular complexity index is 1880. The third-order valence-electron chi connectivity index (χ3n) is 12.2. The van der Waals surface area contributed by atoms with E-state index >= 15 is 0 Å². The van der Waals surface area contributed by atoms with Gasteiger partial charge in [0.2, 0.25) is 0 Å². The normalized spacial score (nSPS) is 35.6. The minimum absolute atomic E-state index is 0.0640. The molecule has 3 N–H and O–H groups in total. The highest BCUT2D eigenvalue weighted by Crippen LogP contribution is 2.40. The topological polar surface area (TPSA) is 188 Å². The van der Waals surface area contributed by atoms with Crippen molar-refractivity contribution < 1.29 is 48.0 Å². The minimum Gasteiger partial charge on any atom is -0.459 e. The number of aromatic nitrogens is 2. The number of cyclic esters (lactones) is 1. The maximum absolute atomic E-state index is 14.5. The highest BCUT2D eigenvalue weighted by Gasteiger charge is 2.57. The highest BCUT2D eigenvalue weighted by atomic mass is 32.1. The third-order valence-corrected chi connectivity index (χ3v) is 12.4. The Morgan fingerprint density at radius 1 is 1.07 bits per heavy atom. The number of nitrogens with one attached hydrogen (secondary N) is 2. The van der Waals surface area contributed by atoms with Gasteiger partial charge in [-0.05, 0) is 91.0 Å². The van der Waals surface area contributed by atoms with Gasteiger partial charge >= 0.3 is 12.1 Å². The number of alkyl carbamates (subject to hydrolysis) is 1. The van der Waals surface area contributed by atoms with Crippen LogP contribution in [-0.4, -0.2) is 124 Å². The van der Waals surface area contributed by atoms with Crippen molar-refractivity contribution in [3.05, 3.63) is 54.2 Å². The number of ether oxygens (including phenoxy) is 5. The first-order valence-electron chi connectivity index (χ1n) is 20.7. The summed E-state index contributed by atoms with van der Waals surface area (Å²) >= 11 is 5.42. The fraction of sp³-hybridized carbons (Fsp3) is 0.614. The summed E-state index contributed by atoms with van der Waals surface area (Å²) in [5.74, 6) is -5.48. The molecule has 1 amide bonds. The van der Waals surface area contributed by atoms with Gasteiger partial charge in [0.05, 0.1) is 17.8 Å². The molecule has 1 aromatic heterocycles. The zero-order valence-electron chi connectivity index (χ0n) is 36.2. The van der Waals surface area contributed by atoms with E-state index in [0.717, 1.165) is 16.8 Å². The first-order chi connectivity index (χ1) is 28.3. The Balaban J connectivity index is 1.48. The number of fused-ring (bicyclic) bond motifs is 1. The van der Waals surface area contributed by atoms with Crippen molar-refractivity contribution in [2.45, 2.75) is 129 Å². The van der Waals surface area contributed by atoms with E-state index in [1.54, 1.807) is 46.9 Å². The van der Waals surface area contributed by atoms with Crippen LogP contribution in [0.25, 0.3) is 17.3 Å². The van der Waals surface area contributed by atoms with Gasteiger partial charge < -0.3 is 44.3 Å². The number of esters is 1. The van der Waals surface area contributed by atoms with E-state index < -0.39 is 83.4 Å². The highest BCUT2D eigenvalue weighted by molar-refractivity contribution is 7.80. The third kappa shape index (κ3) is 10.4. The zero-order chi connectivity index (χ0) is 44.1. The molecule has 0 aliphatic carbocycles. The van der Waals surface area contributed by atoms with Crippen molar-refractivity contribution in [2.75, 3.05) is 20.6 Å². The summed E-state index contributed by atoms with van der Waals surface area (Å²) in [6, 6.07) is 10.3. The van der Waals surface area contributed by atoms with Crippen LogP contribution in [0.15, 0.2) is 48.7 Å². The summed E-state index contributed by atoms with van der Waals surface area (Å²) in [6.07, 6.45) is 0.157. The molecule has 0 spiro atoms. The molecular formula is C44H61N5O10S. The maximum Gasteiger partial charge on any atom is 0.408 e. The molecule has 4 heterocycles. The number of carbonyl (C=O) groups is 4. The number of hydrogen-bond donors (Lipinski definition) is 3. The smallest absolute Gasteiger partial charge is 0.408 e. The molecule has 328 valence electrons. The molecular weight excluding hydrogens is 791 g/mol. The molecule has 16 heteroatoms. The lowest BCUT2D eigenvalue weighted by Gasteiger charge is -2.47. The van der Waals surface area contributed by atoms with Gasteiger partial charge in [0.25, 0.3) is 5.17 Å². The molecule has 1 aromatic carbocycles. The van der Waals surface area contributed by atoms with Crippen molar-refractivity contribution in [3.63, 3.8) is 0 Å². The van der Waals surface area contributed by atoms with Crippen LogP contribution < -0.4 is 10.6 Å². The lowest BCUT2D eigenvalue weighted by Crippen LogP contribution is -2.60. The zero-order valence-corrected chi connectivity index (χ0v) is 37.1. The number of hydrogen-bond acceptors (Lipinski definition) is 14. The number of aliphatic hydroxyl groups is 1. The van der Waals surface area contributed by atoms with Gasteiger partial charge in [-0.25, -0.2) is 4.79 Å². The van der Waals surface area contributed by atoms with E-state index in [1.807, 2.05) is 75.3 Å². The number of Topliss-reactive ketones (excluding diaryl/α,β-unsaturated/α-hetero) is 2. The van der Waals surface area contributed by atoms with Crippen molar-refractivity contribution >= 4 is 47.1 Å². The molecule has 2 aromatic rings. The standard InChI is InChI=1S/C44H61N5O10S/c1-11-33-44(8)37(47-42(60)59-44)26(4)34(50)24(2)23-43(7,58-41(54)45-20-12-14-29-16-18-30(19-17-29)31-15-13-21-46-48-31)38(27(5)35(51)28(6)39(53)56-33)57-40-36(52)32(49(9)10)22-25(3)55-40/h12-19,21,24-28,32-33,36-38,40,52H,11,20,22-23H2,1-10H3,(H,45,54)(H,47,60)/b14-12+/t24-,25-,26+,27+,28-,32+,33-,36-,37-,38-,40+,43-,44-/m1/s1. The predicted octanol–water partition coefficient (Wildman–Crippen LogP) is 4.89. The van der Waals surface area contributed by atoms with Gasteiger partial charge in [-0.1, -0.05) is 64.1 Å². The van der Waals surface area contributed by atoms with Gasteiger partial charge in [-0.3, -0.25) is 14.4 Å². The Morgan fingerprint density at radius 2 is 1.77 bits per heavy atom. The Kier molecular flexibility index (Phi) is 15.2. The van der Waals surface area contributed by atoms with Crippen LogP contribution in [0, 0.1) is 23.7 Å². The largest absolute Gasteiger partial charge is 0.459 e. The first kappa shape index (κ1) is 46.7. The van der Waals surface area contributed by atoms with Crippen LogP contribution in [0.1, 0.15) is 80.2 Å². The first-order valence-corrected chi connectivity index (χ1v) is 21.1. The van der Waals surface area contributed by atoms with Crippen LogP contribution in [0.2, 0.25) is 0 Å². The molecule has 3 aliphatic rings. The molecule has 13 atom stereocenters. The van der Waals surface area contributed by atoms with E-state index in [-0.39, 0.29) is 36.1 Å². The maximum atomic E-state index is 14.5. The van der Waals surface area contributed by atoms with E-state index in [9.17, 15) is 24.3 Å². The van der Waals surface area contributed by atoms with Gasteiger partial charge in [0, 0.05) is 42.1 Å². The number of benzene rings is 1. The number of amides is 1. The van der Waals surface area contributed by atoms with Crippen LogP contribution in [0.4, 0.5) is 4.79 Å². The van der Waals surface area contributed by atoms with E-state index in [0.29, 0.717) is 12.8 Å². The lowest BCUT2D eigenvalue weighted by molar-refractivity contribution is -0.292. The SMILES string of the molecule is CC[C@H]1OC(=O)[C@H](C)C(=O)[C@H](C)[C@@H](O[C@@H]2O[C@H](C)C[C@H](N(C)C)[C@H]2O)[C@](C)(OC(=O)NC/C=C/c2ccc(-c3cccnn3)cc2)C[C@@H](C)C(=O)[C@H](C)[C@H]2NC(=S)O[C@@]21C. The number of likely N-dealkylation sites (N-methyl/N-ethyl adjacent to an activating group) is 1. The number of thiocarbonyl (C=S) groups is 1. The van der Waals surface area contributed by atoms with Crippen molar-refractivity contribution in [2.24, 2.45) is 23.7 Å². The van der Waals surface area contributed by atoms with Crippen LogP contribution in [-0.2, 0) is 38.1 Å². The molecule has 0 saturated carbocycles. The van der Waals surface area contributed by atoms with Gasteiger partial charge in [-0.15, -0.1) is 0 Å². The summed E-state index contributed by atoms with van der Waals surface area (Å²) in [6.45, 7) is 13.6. The second kappa shape index (κ2) is 19.6. The Morgan fingerprint density at radius 3 is 2.40 bits per heavy atom. The molecule has 3 saturated heterocycles. The molecule has 3 fully saturated rings. The summed E-state index contributed by atoms with van der Waals surface area (Å²) < 4.78 is 31.2. The van der Waals surface area contributed by atoms with Crippen molar-refractivity contribution in [3.8, 4) is 11.3 Å². The summed E-state index contributed by atoms with van der Waals surface area (Å²) in [7, 11) is 3.68. The fourth-order valence-corrected chi connectivity index (χ4v) is 9.20. The predicted molar refractivity (Wildman–Crippen MR) is 227 cm³/mol. The van der Waals surface area contributed by atoms with Crippen LogP contribution in [0.3, 0.4) is 0 Å². The summed E-state index contributed by atoms with van der Waals surface area (Å²) in [5, 5.41) is 25.6. The molecule has 60 heavy (non-hydrogen) atoms. The van der Waals surface area contributed by atoms with Gasteiger partial charge in [0.15, 0.2) is 17.7 Å². The number of rotatable bonds is 9. The van der Waals surface area contributed by atoms with Crippen LogP contribution >= 0.6 is 12.2 Å². The molecule has 3 aliphatic heterocycles. The molecule has 15 nitrogen and oxygen atoms in total. The average Bonchev–Trinajstić information content (AvgIpc) is 3.53. The summed E-state index contributed by atoms with van der Waals surface area (Å²) in [4.78, 5) is 58.6. The Labute approximate surface area is 358 Å². The molecule has 0 bridgehead atoms. The second-order valence-electron chi connectivity index (χ2n) is 17.1. The quantitative estimate of drug-likeness (QED) is 0.176. The number of aliphatic hydroxyl groups excluding tert-OH is 1. The van der Waals surface area contributed by atoms with E-state index in [2.05, 4.69) is 20.8 Å². The van der Waals surface area contributed by atoms with E-state index in [4.69, 9.17) is 35.9 Å². The molecule has 0 unspecified atom stereocenters. The fourth-order valence-electron chi connectivity index (χ4n) is 8.89. The average molecular weight is 852 g/mol. The summed E-state index contributed by atoms with van der Waals surface area (Å²) in [5.41, 5.74) is -0.407. The lowest BCUT2D eigenvalue weighted by atomic mass is 9.73. The Hall–Kier alpha value is -4.35. The monoisotopic (exact) mass is 851 g/mol. The van der Waals surface area contributed by atoms with E-state index in [1.165, 1.54) is 6.92 Å². The minimum atomic E-state index is -1.71. The van der Waals surface area contributed by atoms with Gasteiger partial charge in [-0.2, -0.15) is 10.2 Å².